The van der Waals surface area contributed by atoms with E-state index in [2.05, 4.69) is 17.1 Å². The molecule has 5 nitrogen and oxygen atoms in total. The molecule has 1 atom stereocenters. The van der Waals surface area contributed by atoms with Gasteiger partial charge in [0.2, 0.25) is 0 Å². The molecule has 2 aromatic rings. The van der Waals surface area contributed by atoms with Crippen LogP contribution in [0.4, 0.5) is 10.5 Å². The normalized spacial score (nSPS) is 15.6. The van der Waals surface area contributed by atoms with Crippen LogP contribution in [-0.4, -0.2) is 35.8 Å². The topological polar surface area (TPSA) is 53.9 Å². The van der Waals surface area contributed by atoms with Gasteiger partial charge in [0.25, 0.3) is 0 Å². The maximum absolute atomic E-state index is 12.8. The molecular formula is C22H25N3O2. The maximum Gasteiger partial charge on any atom is 0.322 e. The van der Waals surface area contributed by atoms with Crippen molar-refractivity contribution >= 4 is 17.4 Å². The molecule has 0 bridgehead atoms. The Morgan fingerprint density at radius 3 is 2.59 bits per heavy atom. The van der Waals surface area contributed by atoms with Crippen molar-refractivity contribution in [3.05, 3.63) is 77.9 Å². The number of carbonyl (C=O) groups is 1. The highest BCUT2D eigenvalue weighted by Gasteiger charge is 2.26. The van der Waals surface area contributed by atoms with Gasteiger partial charge in [-0.2, -0.15) is 0 Å². The average Bonchev–Trinajstić information content (AvgIpc) is 3.14. The van der Waals surface area contributed by atoms with Crippen LogP contribution in [0.1, 0.15) is 23.1 Å². The summed E-state index contributed by atoms with van der Waals surface area (Å²) in [6.07, 6.45) is 2.23. The number of hydrogen-bond acceptors (Lipinski definition) is 3. The molecule has 0 aliphatic carbocycles. The van der Waals surface area contributed by atoms with Crippen LogP contribution >= 0.6 is 0 Å². The van der Waals surface area contributed by atoms with E-state index in [1.165, 1.54) is 0 Å². The first-order valence-electron chi connectivity index (χ1n) is 9.09. The Morgan fingerprint density at radius 2 is 1.93 bits per heavy atom. The van der Waals surface area contributed by atoms with Gasteiger partial charge in [0, 0.05) is 18.7 Å². The van der Waals surface area contributed by atoms with E-state index >= 15 is 0 Å². The van der Waals surface area contributed by atoms with Gasteiger partial charge in [-0.3, -0.25) is 0 Å². The first-order chi connectivity index (χ1) is 13.1. The Balaban J connectivity index is 1.64. The van der Waals surface area contributed by atoms with Gasteiger partial charge < -0.3 is 15.1 Å². The van der Waals surface area contributed by atoms with Gasteiger partial charge in [-0.15, -0.1) is 6.58 Å². The second kappa shape index (κ2) is 8.54. The van der Waals surface area contributed by atoms with Crippen molar-refractivity contribution in [3.8, 4) is 0 Å². The van der Waals surface area contributed by atoms with Gasteiger partial charge in [0.05, 0.1) is 12.3 Å². The largest absolute Gasteiger partial charge is 0.390 e. The van der Waals surface area contributed by atoms with Crippen LogP contribution in [0.5, 0.6) is 0 Å². The van der Waals surface area contributed by atoms with E-state index < -0.39 is 0 Å². The molecule has 2 amide bonds. The fraction of sp³-hybridized carbons (Fsp3) is 0.273. The van der Waals surface area contributed by atoms with Gasteiger partial charge in [-0.1, -0.05) is 59.8 Å². The molecule has 140 valence electrons. The number of hydrogen-bond donors (Lipinski definition) is 1. The van der Waals surface area contributed by atoms with Crippen molar-refractivity contribution in [1.82, 2.24) is 4.90 Å². The molecule has 1 aliphatic heterocycles. The van der Waals surface area contributed by atoms with E-state index in [1.54, 1.807) is 11.0 Å². The predicted octanol–water partition coefficient (Wildman–Crippen LogP) is 4.52. The molecular weight excluding hydrogens is 338 g/mol. The smallest absolute Gasteiger partial charge is 0.322 e. The van der Waals surface area contributed by atoms with Crippen LogP contribution in [-0.2, 0) is 4.84 Å². The van der Waals surface area contributed by atoms with E-state index in [-0.39, 0.29) is 12.1 Å². The molecule has 3 rings (SSSR count). The predicted molar refractivity (Wildman–Crippen MR) is 109 cm³/mol. The van der Waals surface area contributed by atoms with Crippen LogP contribution in [0.3, 0.4) is 0 Å². The number of amides is 2. The molecule has 1 aliphatic rings. The van der Waals surface area contributed by atoms with Gasteiger partial charge in [0.15, 0.2) is 6.10 Å². The molecule has 0 aromatic heterocycles. The minimum Gasteiger partial charge on any atom is -0.390 e. The number of aryl methyl sites for hydroxylation is 2. The van der Waals surface area contributed by atoms with E-state index in [1.807, 2.05) is 62.4 Å². The van der Waals surface area contributed by atoms with E-state index in [4.69, 9.17) is 4.84 Å². The summed E-state index contributed by atoms with van der Waals surface area (Å²) < 4.78 is 0. The monoisotopic (exact) mass is 363 g/mol. The van der Waals surface area contributed by atoms with Gasteiger partial charge in [-0.05, 0) is 30.5 Å². The third-order valence-corrected chi connectivity index (χ3v) is 4.61. The number of nitrogens with one attached hydrogen (secondary N) is 1. The number of oxime groups is 1. The highest BCUT2D eigenvalue weighted by molar-refractivity contribution is 6.01. The maximum atomic E-state index is 12.8. The fourth-order valence-electron chi connectivity index (χ4n) is 3.17. The second-order valence-corrected chi connectivity index (χ2v) is 6.73. The second-order valence-electron chi connectivity index (χ2n) is 6.73. The number of urea groups is 1. The van der Waals surface area contributed by atoms with Crippen molar-refractivity contribution in [1.29, 1.82) is 0 Å². The lowest BCUT2D eigenvalue weighted by atomic mass is 10.0. The molecule has 0 saturated heterocycles. The summed E-state index contributed by atoms with van der Waals surface area (Å²) in [5.74, 6) is 0. The number of nitrogens with zero attached hydrogens (tertiary/aromatic N) is 2. The SMILES string of the molecule is C=CCN(CC1CC(c2ccccc2)=NO1)C(=O)Nc1c(C)cccc1C. The summed E-state index contributed by atoms with van der Waals surface area (Å²) in [5.41, 5.74) is 4.89. The van der Waals surface area contributed by atoms with Gasteiger partial charge in [0.1, 0.15) is 0 Å². The number of carbonyl (C=O) groups excluding carboxylic acids is 1. The van der Waals surface area contributed by atoms with Crippen molar-refractivity contribution in [2.45, 2.75) is 26.4 Å². The number of benzene rings is 2. The summed E-state index contributed by atoms with van der Waals surface area (Å²) in [6.45, 7) is 8.63. The molecule has 0 spiro atoms. The van der Waals surface area contributed by atoms with Gasteiger partial charge in [-0.25, -0.2) is 4.79 Å². The summed E-state index contributed by atoms with van der Waals surface area (Å²) in [7, 11) is 0. The van der Waals surface area contributed by atoms with Crippen LogP contribution in [0.25, 0.3) is 0 Å². The Bertz CT molecular complexity index is 826. The molecule has 0 fully saturated rings. The number of anilines is 1. The molecule has 27 heavy (non-hydrogen) atoms. The zero-order valence-electron chi connectivity index (χ0n) is 15.8. The van der Waals surface area contributed by atoms with E-state index in [0.717, 1.165) is 28.1 Å². The zero-order chi connectivity index (χ0) is 19.2. The lowest BCUT2D eigenvalue weighted by Crippen LogP contribution is -2.40. The number of rotatable bonds is 6. The molecule has 1 heterocycles. The van der Waals surface area contributed by atoms with Gasteiger partial charge >= 0.3 is 6.03 Å². The van der Waals surface area contributed by atoms with Crippen molar-refractivity contribution < 1.29 is 9.63 Å². The van der Waals surface area contributed by atoms with Crippen molar-refractivity contribution in [2.75, 3.05) is 18.4 Å². The molecule has 1 N–H and O–H groups in total. The summed E-state index contributed by atoms with van der Waals surface area (Å²) in [5, 5.41) is 7.23. The minimum atomic E-state index is -0.163. The number of para-hydroxylation sites is 1. The highest BCUT2D eigenvalue weighted by atomic mass is 16.6. The molecule has 1 unspecified atom stereocenters. The van der Waals surface area contributed by atoms with Crippen molar-refractivity contribution in [3.63, 3.8) is 0 Å². The van der Waals surface area contributed by atoms with Crippen molar-refractivity contribution in [2.24, 2.45) is 5.16 Å². The Hall–Kier alpha value is -3.08. The lowest BCUT2D eigenvalue weighted by Gasteiger charge is -2.24. The highest BCUT2D eigenvalue weighted by Crippen LogP contribution is 2.21. The van der Waals surface area contributed by atoms with E-state index in [9.17, 15) is 4.79 Å². The Morgan fingerprint density at radius 1 is 1.22 bits per heavy atom. The first kappa shape index (κ1) is 18.7. The minimum absolute atomic E-state index is 0.163. The molecule has 0 saturated carbocycles. The standard InChI is InChI=1S/C22H25N3O2/c1-4-13-25(22(26)23-21-16(2)9-8-10-17(21)3)15-19-14-20(24-27-19)18-11-6-5-7-12-18/h4-12,19H,1,13-15H2,2-3H3,(H,23,26). The molecule has 0 radical (unpaired) electrons. The Kier molecular flexibility index (Phi) is 5.91. The van der Waals surface area contributed by atoms with Crippen LogP contribution in [0.15, 0.2) is 66.3 Å². The molecule has 2 aromatic carbocycles. The fourth-order valence-corrected chi connectivity index (χ4v) is 3.17. The first-order valence-corrected chi connectivity index (χ1v) is 9.09. The van der Waals surface area contributed by atoms with E-state index in [0.29, 0.717) is 19.5 Å². The third kappa shape index (κ3) is 4.56. The average molecular weight is 363 g/mol. The summed E-state index contributed by atoms with van der Waals surface area (Å²) >= 11 is 0. The lowest BCUT2D eigenvalue weighted by molar-refractivity contribution is 0.0645. The quantitative estimate of drug-likeness (QED) is 0.768. The third-order valence-electron chi connectivity index (χ3n) is 4.61. The van der Waals surface area contributed by atoms with Crippen LogP contribution in [0.2, 0.25) is 0 Å². The van der Waals surface area contributed by atoms with Crippen LogP contribution in [0, 0.1) is 13.8 Å². The molecule has 5 heteroatoms. The Labute approximate surface area is 160 Å². The van der Waals surface area contributed by atoms with Crippen LogP contribution < -0.4 is 5.32 Å². The zero-order valence-corrected chi connectivity index (χ0v) is 15.8. The summed E-state index contributed by atoms with van der Waals surface area (Å²) in [6, 6.07) is 15.8. The summed E-state index contributed by atoms with van der Waals surface area (Å²) in [4.78, 5) is 20.1.